The van der Waals surface area contributed by atoms with Gasteiger partial charge in [0, 0.05) is 17.6 Å². The van der Waals surface area contributed by atoms with Crippen molar-refractivity contribution in [1.82, 2.24) is 4.90 Å². The van der Waals surface area contributed by atoms with Gasteiger partial charge < -0.3 is 10.0 Å². The van der Waals surface area contributed by atoms with Crippen LogP contribution in [0.4, 0.5) is 0 Å². The van der Waals surface area contributed by atoms with Gasteiger partial charge in [0.2, 0.25) is 0 Å². The molecule has 1 aromatic rings. The molecule has 17 heavy (non-hydrogen) atoms. The molecule has 92 valence electrons. The summed E-state index contributed by atoms with van der Waals surface area (Å²) in [5, 5.41) is 8.94. The fourth-order valence-corrected chi connectivity index (χ4v) is 1.97. The highest BCUT2D eigenvalue weighted by Gasteiger charge is 2.17. The average Bonchev–Trinajstić information content (AvgIpc) is 2.31. The average molecular weight is 298 g/mol. The number of nitrogens with zero attached hydrogens (tertiary/aromatic N) is 1. The summed E-state index contributed by atoms with van der Waals surface area (Å²) in [7, 11) is 0. The van der Waals surface area contributed by atoms with Crippen molar-refractivity contribution in [1.29, 1.82) is 0 Å². The first-order chi connectivity index (χ1) is 8.11. The molecule has 0 bridgehead atoms. The molecule has 0 aromatic heterocycles. The van der Waals surface area contributed by atoms with E-state index in [1.54, 1.807) is 17.0 Å². The maximum Gasteiger partial charge on any atom is 0.255 e. The van der Waals surface area contributed by atoms with Crippen molar-refractivity contribution in [3.8, 4) is 0 Å². The van der Waals surface area contributed by atoms with Gasteiger partial charge in [-0.25, -0.2) is 0 Å². The van der Waals surface area contributed by atoms with Crippen molar-refractivity contribution in [2.45, 2.75) is 6.92 Å². The topological polar surface area (TPSA) is 40.5 Å². The van der Waals surface area contributed by atoms with Gasteiger partial charge in [-0.15, -0.1) is 6.58 Å². The first kappa shape index (κ1) is 13.9. The molecular formula is C13H16BrNO2. The SMILES string of the molecule is C=CCN(CCO)C(=O)c1cccc(C)c1Br. The smallest absolute Gasteiger partial charge is 0.255 e. The van der Waals surface area contributed by atoms with Gasteiger partial charge in [0.1, 0.15) is 0 Å². The molecule has 0 heterocycles. The van der Waals surface area contributed by atoms with Crippen LogP contribution in [0.5, 0.6) is 0 Å². The quantitative estimate of drug-likeness (QED) is 0.848. The minimum absolute atomic E-state index is 0.0526. The maximum atomic E-state index is 12.2. The van der Waals surface area contributed by atoms with Crippen LogP contribution in [-0.2, 0) is 0 Å². The first-order valence-electron chi connectivity index (χ1n) is 5.38. The van der Waals surface area contributed by atoms with Gasteiger partial charge in [-0.1, -0.05) is 18.2 Å². The van der Waals surface area contributed by atoms with E-state index in [0.29, 0.717) is 18.7 Å². The third-order valence-corrected chi connectivity index (χ3v) is 3.48. The zero-order valence-corrected chi connectivity index (χ0v) is 11.4. The Labute approximate surface area is 110 Å². The second-order valence-electron chi connectivity index (χ2n) is 3.70. The predicted octanol–water partition coefficient (Wildman–Crippen LogP) is 2.38. The fraction of sp³-hybridized carbons (Fsp3) is 0.308. The minimum Gasteiger partial charge on any atom is -0.395 e. The number of aliphatic hydroxyl groups excluding tert-OH is 1. The van der Waals surface area contributed by atoms with Crippen LogP contribution in [0.3, 0.4) is 0 Å². The molecule has 0 spiro atoms. The molecule has 1 N–H and O–H groups in total. The summed E-state index contributed by atoms with van der Waals surface area (Å²) < 4.78 is 0.803. The normalized spacial score (nSPS) is 10.1. The lowest BCUT2D eigenvalue weighted by atomic mass is 10.1. The van der Waals surface area contributed by atoms with E-state index < -0.39 is 0 Å². The fourth-order valence-electron chi connectivity index (χ4n) is 1.54. The molecule has 1 amide bonds. The summed E-state index contributed by atoms with van der Waals surface area (Å²) in [6, 6.07) is 5.55. The standard InChI is InChI=1S/C13H16BrNO2/c1-3-7-15(8-9-16)13(17)11-6-4-5-10(2)12(11)14/h3-6,16H,1,7-9H2,2H3. The van der Waals surface area contributed by atoms with E-state index in [-0.39, 0.29) is 12.5 Å². The van der Waals surface area contributed by atoms with Crippen LogP contribution in [0.25, 0.3) is 0 Å². The van der Waals surface area contributed by atoms with Gasteiger partial charge in [-0.3, -0.25) is 4.79 Å². The number of rotatable bonds is 5. The van der Waals surface area contributed by atoms with Crippen LogP contribution in [-0.4, -0.2) is 35.6 Å². The maximum absolute atomic E-state index is 12.2. The van der Waals surface area contributed by atoms with Crippen molar-refractivity contribution in [3.05, 3.63) is 46.5 Å². The van der Waals surface area contributed by atoms with Crippen molar-refractivity contribution < 1.29 is 9.90 Å². The van der Waals surface area contributed by atoms with E-state index in [1.807, 2.05) is 19.1 Å². The third kappa shape index (κ3) is 3.41. The summed E-state index contributed by atoms with van der Waals surface area (Å²) in [6.45, 7) is 6.24. The zero-order valence-electron chi connectivity index (χ0n) is 9.82. The number of carbonyl (C=O) groups excluding carboxylic acids is 1. The molecule has 0 aliphatic heterocycles. The number of hydrogen-bond acceptors (Lipinski definition) is 2. The van der Waals surface area contributed by atoms with E-state index >= 15 is 0 Å². The Morgan fingerprint density at radius 1 is 1.59 bits per heavy atom. The second-order valence-corrected chi connectivity index (χ2v) is 4.49. The van der Waals surface area contributed by atoms with Crippen molar-refractivity contribution in [2.75, 3.05) is 19.7 Å². The first-order valence-corrected chi connectivity index (χ1v) is 6.17. The number of halogens is 1. The minimum atomic E-state index is -0.102. The van der Waals surface area contributed by atoms with E-state index in [2.05, 4.69) is 22.5 Å². The highest BCUT2D eigenvalue weighted by atomic mass is 79.9. The van der Waals surface area contributed by atoms with Gasteiger partial charge >= 0.3 is 0 Å². The van der Waals surface area contributed by atoms with Crippen LogP contribution in [0, 0.1) is 6.92 Å². The van der Waals surface area contributed by atoms with Crippen LogP contribution < -0.4 is 0 Å². The Kier molecular flexibility index (Phi) is 5.38. The lowest BCUT2D eigenvalue weighted by molar-refractivity contribution is 0.0742. The van der Waals surface area contributed by atoms with Gasteiger partial charge in [0.15, 0.2) is 0 Å². The number of hydrogen-bond donors (Lipinski definition) is 1. The zero-order chi connectivity index (χ0) is 12.8. The summed E-state index contributed by atoms with van der Waals surface area (Å²) in [6.07, 6.45) is 1.65. The Balaban J connectivity index is 3.00. The number of amides is 1. The molecular weight excluding hydrogens is 282 g/mol. The third-order valence-electron chi connectivity index (χ3n) is 2.43. The molecule has 4 heteroatoms. The van der Waals surface area contributed by atoms with Crippen molar-refractivity contribution >= 4 is 21.8 Å². The molecule has 0 saturated carbocycles. The van der Waals surface area contributed by atoms with Crippen LogP contribution in [0.2, 0.25) is 0 Å². The van der Waals surface area contributed by atoms with Crippen LogP contribution in [0.1, 0.15) is 15.9 Å². The second kappa shape index (κ2) is 6.57. The number of benzene rings is 1. The molecule has 3 nitrogen and oxygen atoms in total. The summed E-state index contributed by atoms with van der Waals surface area (Å²) >= 11 is 3.42. The molecule has 0 unspecified atom stereocenters. The summed E-state index contributed by atoms with van der Waals surface area (Å²) in [5.74, 6) is -0.102. The van der Waals surface area contributed by atoms with E-state index in [4.69, 9.17) is 5.11 Å². The van der Waals surface area contributed by atoms with Gasteiger partial charge in [-0.2, -0.15) is 0 Å². The Morgan fingerprint density at radius 2 is 2.29 bits per heavy atom. The Morgan fingerprint density at radius 3 is 2.88 bits per heavy atom. The summed E-state index contributed by atoms with van der Waals surface area (Å²) in [5.41, 5.74) is 1.62. The molecule has 0 atom stereocenters. The number of aliphatic hydroxyl groups is 1. The summed E-state index contributed by atoms with van der Waals surface area (Å²) in [4.78, 5) is 13.8. The van der Waals surface area contributed by atoms with Gasteiger partial charge in [0.25, 0.3) is 5.91 Å². The van der Waals surface area contributed by atoms with Crippen LogP contribution >= 0.6 is 15.9 Å². The lowest BCUT2D eigenvalue weighted by Gasteiger charge is -2.21. The monoisotopic (exact) mass is 297 g/mol. The van der Waals surface area contributed by atoms with E-state index in [1.165, 1.54) is 0 Å². The molecule has 0 fully saturated rings. The van der Waals surface area contributed by atoms with Crippen LogP contribution in [0.15, 0.2) is 35.3 Å². The predicted molar refractivity (Wildman–Crippen MR) is 72.1 cm³/mol. The highest BCUT2D eigenvalue weighted by Crippen LogP contribution is 2.22. The lowest BCUT2D eigenvalue weighted by Crippen LogP contribution is -2.34. The van der Waals surface area contributed by atoms with Crippen molar-refractivity contribution in [2.24, 2.45) is 0 Å². The molecule has 1 aromatic carbocycles. The Bertz CT molecular complexity index is 418. The molecule has 0 radical (unpaired) electrons. The molecule has 0 aliphatic rings. The molecule has 1 rings (SSSR count). The molecule has 0 aliphatic carbocycles. The molecule has 0 saturated heterocycles. The number of aryl methyl sites for hydroxylation is 1. The van der Waals surface area contributed by atoms with Crippen molar-refractivity contribution in [3.63, 3.8) is 0 Å². The van der Waals surface area contributed by atoms with E-state index in [0.717, 1.165) is 10.0 Å². The van der Waals surface area contributed by atoms with E-state index in [9.17, 15) is 4.79 Å². The Hall–Kier alpha value is -1.13. The largest absolute Gasteiger partial charge is 0.395 e. The highest BCUT2D eigenvalue weighted by molar-refractivity contribution is 9.10. The van der Waals surface area contributed by atoms with Gasteiger partial charge in [0.05, 0.1) is 12.2 Å². The number of carbonyl (C=O) groups is 1. The van der Waals surface area contributed by atoms with Gasteiger partial charge in [-0.05, 0) is 34.5 Å².